The molecule has 4 heteroatoms. The number of carbonyl (C=O) groups excluding carboxylic acids is 1. The van der Waals surface area contributed by atoms with Gasteiger partial charge in [-0.3, -0.25) is 4.79 Å². The Morgan fingerprint density at radius 1 is 1.53 bits per heavy atom. The van der Waals surface area contributed by atoms with Gasteiger partial charge in [0.25, 0.3) is 0 Å². The van der Waals surface area contributed by atoms with Gasteiger partial charge in [0.15, 0.2) is 0 Å². The summed E-state index contributed by atoms with van der Waals surface area (Å²) in [6.45, 7) is 4.62. The van der Waals surface area contributed by atoms with Gasteiger partial charge in [0.05, 0.1) is 6.61 Å². The third-order valence-electron chi connectivity index (χ3n) is 2.74. The number of carbonyl (C=O) groups is 1. The molecule has 88 valence electrons. The second kappa shape index (κ2) is 6.80. The Kier molecular flexibility index (Phi) is 5.65. The van der Waals surface area contributed by atoms with Crippen LogP contribution in [0.25, 0.3) is 0 Å². The molecule has 1 atom stereocenters. The lowest BCUT2D eigenvalue weighted by molar-refractivity contribution is -0.146. The minimum Gasteiger partial charge on any atom is -0.465 e. The molecule has 1 aliphatic heterocycles. The van der Waals surface area contributed by atoms with E-state index in [-0.39, 0.29) is 11.9 Å². The van der Waals surface area contributed by atoms with Crippen LogP contribution >= 0.6 is 0 Å². The molecule has 0 aromatic heterocycles. The summed E-state index contributed by atoms with van der Waals surface area (Å²) in [5.74, 6) is 0.572. The van der Waals surface area contributed by atoms with E-state index in [0.717, 1.165) is 26.1 Å². The van der Waals surface area contributed by atoms with Crippen LogP contribution in [-0.2, 0) is 14.3 Å². The van der Waals surface area contributed by atoms with E-state index in [4.69, 9.17) is 15.2 Å². The molecular weight excluding hydrogens is 194 g/mol. The maximum absolute atomic E-state index is 11.3. The van der Waals surface area contributed by atoms with Gasteiger partial charge in [-0.15, -0.1) is 0 Å². The Balaban J connectivity index is 2.10. The Hall–Kier alpha value is -0.610. The molecule has 0 aliphatic carbocycles. The van der Waals surface area contributed by atoms with Crippen molar-refractivity contribution in [1.82, 2.24) is 0 Å². The Morgan fingerprint density at radius 3 is 2.80 bits per heavy atom. The number of hydrogen-bond donors (Lipinski definition) is 1. The molecule has 0 saturated carbocycles. The van der Waals surface area contributed by atoms with E-state index in [1.54, 1.807) is 0 Å². The Morgan fingerprint density at radius 2 is 2.20 bits per heavy atom. The summed E-state index contributed by atoms with van der Waals surface area (Å²) >= 11 is 0. The van der Waals surface area contributed by atoms with Crippen LogP contribution in [0, 0.1) is 11.8 Å². The van der Waals surface area contributed by atoms with Crippen molar-refractivity contribution in [3.63, 3.8) is 0 Å². The van der Waals surface area contributed by atoms with Gasteiger partial charge in [0, 0.05) is 19.6 Å². The molecule has 0 aromatic carbocycles. The Bertz CT molecular complexity index is 190. The van der Waals surface area contributed by atoms with E-state index >= 15 is 0 Å². The molecule has 2 N–H and O–H groups in total. The molecular formula is C11H21NO3. The van der Waals surface area contributed by atoms with Crippen LogP contribution in [-0.4, -0.2) is 32.3 Å². The number of rotatable bonds is 5. The van der Waals surface area contributed by atoms with Crippen molar-refractivity contribution in [2.45, 2.75) is 26.2 Å². The topological polar surface area (TPSA) is 61.6 Å². The van der Waals surface area contributed by atoms with Gasteiger partial charge in [-0.1, -0.05) is 6.92 Å². The quantitative estimate of drug-likeness (QED) is 0.693. The first kappa shape index (κ1) is 12.5. The van der Waals surface area contributed by atoms with Crippen molar-refractivity contribution in [2.75, 3.05) is 26.4 Å². The van der Waals surface area contributed by atoms with Crippen molar-refractivity contribution >= 4 is 5.97 Å². The molecule has 1 aliphatic rings. The van der Waals surface area contributed by atoms with Crippen LogP contribution in [0.4, 0.5) is 0 Å². The summed E-state index contributed by atoms with van der Waals surface area (Å²) in [5.41, 5.74) is 5.43. The van der Waals surface area contributed by atoms with Crippen molar-refractivity contribution in [3.05, 3.63) is 0 Å². The van der Waals surface area contributed by atoms with Crippen molar-refractivity contribution in [3.8, 4) is 0 Å². The zero-order valence-electron chi connectivity index (χ0n) is 9.41. The summed E-state index contributed by atoms with van der Waals surface area (Å²) in [5, 5.41) is 0. The lowest BCUT2D eigenvalue weighted by atomic mass is 10.0. The van der Waals surface area contributed by atoms with Crippen LogP contribution in [0.2, 0.25) is 0 Å². The molecule has 0 bridgehead atoms. The first-order chi connectivity index (χ1) is 7.22. The molecule has 1 saturated heterocycles. The van der Waals surface area contributed by atoms with Gasteiger partial charge in [0.2, 0.25) is 0 Å². The normalized spacial score (nSPS) is 19.9. The van der Waals surface area contributed by atoms with Gasteiger partial charge in [0.1, 0.15) is 0 Å². The van der Waals surface area contributed by atoms with Crippen LogP contribution in [0.15, 0.2) is 0 Å². The molecule has 1 unspecified atom stereocenters. The van der Waals surface area contributed by atoms with Gasteiger partial charge >= 0.3 is 5.97 Å². The summed E-state index contributed by atoms with van der Waals surface area (Å²) in [6.07, 6.45) is 2.43. The molecule has 0 aromatic rings. The van der Waals surface area contributed by atoms with E-state index in [1.807, 2.05) is 6.92 Å². The molecule has 0 radical (unpaired) electrons. The fraction of sp³-hybridized carbons (Fsp3) is 0.909. The highest BCUT2D eigenvalue weighted by Gasteiger charge is 2.16. The second-order valence-corrected chi connectivity index (χ2v) is 4.28. The monoisotopic (exact) mass is 215 g/mol. The fourth-order valence-corrected chi connectivity index (χ4v) is 1.55. The zero-order chi connectivity index (χ0) is 11.1. The third-order valence-corrected chi connectivity index (χ3v) is 2.74. The molecule has 0 spiro atoms. The molecule has 0 amide bonds. The molecule has 1 fully saturated rings. The number of hydrogen-bond acceptors (Lipinski definition) is 4. The van der Waals surface area contributed by atoms with E-state index in [2.05, 4.69) is 0 Å². The SMILES string of the molecule is CC(CN)CC(=O)OCC1CCOCC1. The largest absolute Gasteiger partial charge is 0.465 e. The summed E-state index contributed by atoms with van der Waals surface area (Å²) in [4.78, 5) is 11.3. The predicted molar refractivity (Wildman–Crippen MR) is 57.3 cm³/mol. The van der Waals surface area contributed by atoms with E-state index in [0.29, 0.717) is 25.5 Å². The predicted octanol–water partition coefficient (Wildman–Crippen LogP) is 0.941. The fourth-order valence-electron chi connectivity index (χ4n) is 1.55. The molecule has 1 heterocycles. The molecule has 15 heavy (non-hydrogen) atoms. The summed E-state index contributed by atoms with van der Waals surface area (Å²) < 4.78 is 10.4. The highest BCUT2D eigenvalue weighted by Crippen LogP contribution is 2.15. The van der Waals surface area contributed by atoms with Crippen molar-refractivity contribution < 1.29 is 14.3 Å². The number of ether oxygens (including phenoxy) is 2. The van der Waals surface area contributed by atoms with Gasteiger partial charge in [-0.25, -0.2) is 0 Å². The maximum Gasteiger partial charge on any atom is 0.306 e. The highest BCUT2D eigenvalue weighted by molar-refractivity contribution is 5.69. The first-order valence-electron chi connectivity index (χ1n) is 5.65. The highest BCUT2D eigenvalue weighted by atomic mass is 16.5. The van der Waals surface area contributed by atoms with Crippen molar-refractivity contribution in [1.29, 1.82) is 0 Å². The zero-order valence-corrected chi connectivity index (χ0v) is 9.41. The molecule has 1 rings (SSSR count). The summed E-state index contributed by atoms with van der Waals surface area (Å²) in [6, 6.07) is 0. The van der Waals surface area contributed by atoms with E-state index in [9.17, 15) is 4.79 Å². The van der Waals surface area contributed by atoms with Crippen LogP contribution < -0.4 is 5.73 Å². The molecule has 4 nitrogen and oxygen atoms in total. The number of esters is 1. The summed E-state index contributed by atoms with van der Waals surface area (Å²) in [7, 11) is 0. The van der Waals surface area contributed by atoms with Gasteiger partial charge < -0.3 is 15.2 Å². The lowest BCUT2D eigenvalue weighted by Gasteiger charge is -2.21. The van der Waals surface area contributed by atoms with Gasteiger partial charge in [-0.05, 0) is 31.2 Å². The van der Waals surface area contributed by atoms with Crippen molar-refractivity contribution in [2.24, 2.45) is 17.6 Å². The van der Waals surface area contributed by atoms with E-state index < -0.39 is 0 Å². The van der Waals surface area contributed by atoms with Crippen LogP contribution in [0.3, 0.4) is 0 Å². The smallest absolute Gasteiger partial charge is 0.306 e. The maximum atomic E-state index is 11.3. The number of nitrogens with two attached hydrogens (primary N) is 1. The Labute approximate surface area is 91.1 Å². The van der Waals surface area contributed by atoms with Crippen LogP contribution in [0.1, 0.15) is 26.2 Å². The second-order valence-electron chi connectivity index (χ2n) is 4.28. The minimum atomic E-state index is -0.126. The first-order valence-corrected chi connectivity index (χ1v) is 5.65. The minimum absolute atomic E-state index is 0.126. The average Bonchev–Trinajstić information content (AvgIpc) is 2.27. The van der Waals surface area contributed by atoms with Gasteiger partial charge in [-0.2, -0.15) is 0 Å². The average molecular weight is 215 g/mol. The third kappa shape index (κ3) is 5.14. The standard InChI is InChI=1S/C11H21NO3/c1-9(7-12)6-11(13)15-8-10-2-4-14-5-3-10/h9-10H,2-8,12H2,1H3. The lowest BCUT2D eigenvalue weighted by Crippen LogP contribution is -2.23. The van der Waals surface area contributed by atoms with E-state index in [1.165, 1.54) is 0 Å². The van der Waals surface area contributed by atoms with Crippen LogP contribution in [0.5, 0.6) is 0 Å².